The maximum Gasteiger partial charge on any atom is 0.407 e. The number of fused-ring (bicyclic) bond motifs is 3. The number of carbonyl (C=O) groups is 4. The number of aromatic nitrogens is 3. The zero-order chi connectivity index (χ0) is 45.0. The smallest absolute Gasteiger partial charge is 0.407 e. The molecule has 63 heavy (non-hydrogen) atoms. The van der Waals surface area contributed by atoms with Crippen molar-refractivity contribution in [3.63, 3.8) is 0 Å². The average molecular weight is 854 g/mol. The number of halogens is 1. The van der Waals surface area contributed by atoms with E-state index < -0.39 is 35.9 Å². The highest BCUT2D eigenvalue weighted by atomic mass is 19.1. The van der Waals surface area contributed by atoms with Crippen LogP contribution in [0.4, 0.5) is 25.5 Å². The van der Waals surface area contributed by atoms with E-state index in [2.05, 4.69) is 32.3 Å². The first-order chi connectivity index (χ1) is 30.1. The van der Waals surface area contributed by atoms with Crippen LogP contribution in [-0.2, 0) is 21.4 Å². The molecule has 4 amide bonds. The Kier molecular flexibility index (Phi) is 12.6. The molecule has 6 aromatic rings. The molecule has 0 saturated carbocycles. The largest absolute Gasteiger partial charge is 0.480 e. The Labute approximate surface area is 363 Å². The number of carbonyl (C=O) groups excluding carboxylic acids is 3. The maximum absolute atomic E-state index is 15.3. The van der Waals surface area contributed by atoms with Gasteiger partial charge in [0, 0.05) is 42.8 Å². The highest BCUT2D eigenvalue weighted by molar-refractivity contribution is 5.99. The highest BCUT2D eigenvalue weighted by Gasteiger charge is 2.33. The lowest BCUT2D eigenvalue weighted by atomic mass is 9.90. The van der Waals surface area contributed by atoms with Gasteiger partial charge in [-0.3, -0.25) is 15.1 Å². The number of rotatable bonds is 13. The second-order valence-corrected chi connectivity index (χ2v) is 16.5. The molecule has 1 unspecified atom stereocenters. The van der Waals surface area contributed by atoms with Crippen molar-refractivity contribution in [2.75, 3.05) is 24.3 Å². The van der Waals surface area contributed by atoms with Crippen molar-refractivity contribution >= 4 is 35.5 Å². The summed E-state index contributed by atoms with van der Waals surface area (Å²) in [6.45, 7) is 9.47. The molecule has 0 bridgehead atoms. The zero-order valence-electron chi connectivity index (χ0n) is 35.7. The number of hydrogen-bond acceptors (Lipinski definition) is 8. The number of anilines is 2. The van der Waals surface area contributed by atoms with Gasteiger partial charge in [0.15, 0.2) is 0 Å². The number of nitrogens with zero attached hydrogens (tertiary/aromatic N) is 3. The van der Waals surface area contributed by atoms with Gasteiger partial charge in [-0.05, 0) is 76.1 Å². The van der Waals surface area contributed by atoms with Gasteiger partial charge in [0.2, 0.25) is 0 Å². The van der Waals surface area contributed by atoms with Gasteiger partial charge < -0.3 is 30.5 Å². The van der Waals surface area contributed by atoms with E-state index in [1.54, 1.807) is 24.6 Å². The van der Waals surface area contributed by atoms with Gasteiger partial charge in [-0.25, -0.2) is 23.5 Å². The minimum Gasteiger partial charge on any atom is -0.480 e. The molecule has 1 aliphatic rings. The minimum atomic E-state index is -1.13. The van der Waals surface area contributed by atoms with Crippen LogP contribution in [-0.4, -0.2) is 63.6 Å². The van der Waals surface area contributed by atoms with E-state index in [0.717, 1.165) is 39.4 Å². The molecular weight excluding hydrogens is 806 g/mol. The molecule has 0 saturated heterocycles. The molecule has 7 rings (SSSR count). The van der Waals surface area contributed by atoms with Gasteiger partial charge in [0.25, 0.3) is 5.91 Å². The molecule has 2 atom stereocenters. The molecule has 14 nitrogen and oxygen atoms in total. The van der Waals surface area contributed by atoms with E-state index in [9.17, 15) is 24.3 Å². The summed E-state index contributed by atoms with van der Waals surface area (Å²) in [4.78, 5) is 54.1. The number of carboxylic acids is 1. The monoisotopic (exact) mass is 853 g/mol. The molecule has 0 radical (unpaired) electrons. The number of ether oxygens (including phenoxy) is 2. The first-order valence-corrected chi connectivity index (χ1v) is 20.4. The third-order valence-corrected chi connectivity index (χ3v) is 10.6. The molecule has 324 valence electrons. The van der Waals surface area contributed by atoms with E-state index in [0.29, 0.717) is 23.6 Å². The predicted octanol–water partition coefficient (Wildman–Crippen LogP) is 9.04. The Balaban J connectivity index is 1.10. The SMILES string of the molecule is CNC(=O)c1cc(Oc2ccc(NC(=O)Nc3cc(C(C)(C)C)nn3-c3cccc(Cc4cccc5c4C(COC(=O)N[C@H](C(=O)O)C(C)C)c4ccccc4-5)c3)c(F)c2)ccn1. The summed E-state index contributed by atoms with van der Waals surface area (Å²) < 4.78 is 28.4. The number of hydrogen-bond donors (Lipinski definition) is 5. The number of urea groups is 1. The lowest BCUT2D eigenvalue weighted by Crippen LogP contribution is -2.44. The van der Waals surface area contributed by atoms with Gasteiger partial charge in [-0.2, -0.15) is 5.10 Å². The van der Waals surface area contributed by atoms with E-state index in [1.165, 1.54) is 37.5 Å². The lowest BCUT2D eigenvalue weighted by Gasteiger charge is -2.20. The Morgan fingerprint density at radius 2 is 1.62 bits per heavy atom. The number of alkyl carbamates (subject to hydrolysis) is 1. The Hall–Kier alpha value is -7.55. The highest BCUT2D eigenvalue weighted by Crippen LogP contribution is 2.47. The van der Waals surface area contributed by atoms with Crippen molar-refractivity contribution in [1.29, 1.82) is 0 Å². The van der Waals surface area contributed by atoms with Gasteiger partial charge >= 0.3 is 18.1 Å². The van der Waals surface area contributed by atoms with Crippen LogP contribution in [0.1, 0.15) is 79.0 Å². The molecule has 2 heterocycles. The van der Waals surface area contributed by atoms with E-state index in [4.69, 9.17) is 14.6 Å². The summed E-state index contributed by atoms with van der Waals surface area (Å²) >= 11 is 0. The van der Waals surface area contributed by atoms with E-state index in [-0.39, 0.29) is 46.7 Å². The molecule has 0 spiro atoms. The van der Waals surface area contributed by atoms with Gasteiger partial charge in [-0.15, -0.1) is 0 Å². The summed E-state index contributed by atoms with van der Waals surface area (Å²) in [7, 11) is 1.48. The molecule has 15 heteroatoms. The Morgan fingerprint density at radius 1 is 0.873 bits per heavy atom. The fourth-order valence-corrected chi connectivity index (χ4v) is 7.47. The number of nitrogens with one attached hydrogen (secondary N) is 4. The van der Waals surface area contributed by atoms with Crippen LogP contribution in [0.15, 0.2) is 109 Å². The summed E-state index contributed by atoms with van der Waals surface area (Å²) in [6.07, 6.45) is 1.12. The molecule has 0 fully saturated rings. The Bertz CT molecular complexity index is 2710. The molecule has 2 aromatic heterocycles. The van der Waals surface area contributed by atoms with Crippen molar-refractivity contribution in [2.45, 2.75) is 58.4 Å². The average Bonchev–Trinajstić information content (AvgIpc) is 3.83. The van der Waals surface area contributed by atoms with Crippen LogP contribution in [0.3, 0.4) is 0 Å². The second kappa shape index (κ2) is 18.2. The third kappa shape index (κ3) is 9.83. The number of carboxylic acid groups (broad SMARTS) is 1. The van der Waals surface area contributed by atoms with E-state index >= 15 is 4.39 Å². The van der Waals surface area contributed by atoms with Crippen molar-refractivity contribution in [3.05, 3.63) is 149 Å². The standard InChI is InChI=1S/C48H48FN7O7/c1-27(2)43(45(58)59)54-47(61)62-26-36-34-15-8-7-14-33(34)35-16-10-12-29(42(35)36)21-28-11-9-13-30(22-28)56-41(25-40(55-56)48(3,4)5)53-46(60)52-38-18-17-31(23-37(38)49)63-32-19-20-51-39(24-32)44(57)50-6/h7-20,22-25,27,36,43H,21,26H2,1-6H3,(H,50,57)(H,54,61)(H,58,59)(H2,52,53,60)/t36?,43-/m0/s1. The van der Waals surface area contributed by atoms with Crippen LogP contribution in [0, 0.1) is 11.7 Å². The van der Waals surface area contributed by atoms with Crippen molar-refractivity contribution in [3.8, 4) is 28.3 Å². The van der Waals surface area contributed by atoms with Crippen LogP contribution in [0.2, 0.25) is 0 Å². The summed E-state index contributed by atoms with van der Waals surface area (Å²) in [5.74, 6) is -2.12. The van der Waals surface area contributed by atoms with Crippen LogP contribution < -0.4 is 26.0 Å². The maximum atomic E-state index is 15.3. The molecule has 1 aliphatic carbocycles. The van der Waals surface area contributed by atoms with Gasteiger partial charge in [0.05, 0.1) is 17.1 Å². The van der Waals surface area contributed by atoms with Gasteiger partial charge in [0.1, 0.15) is 41.5 Å². The van der Waals surface area contributed by atoms with Gasteiger partial charge in [-0.1, -0.05) is 89.2 Å². The van der Waals surface area contributed by atoms with Crippen LogP contribution >= 0.6 is 0 Å². The quantitative estimate of drug-likeness (QED) is 0.0756. The number of benzene rings is 4. The number of amides is 4. The molecule has 0 aliphatic heterocycles. The van der Waals surface area contributed by atoms with Crippen LogP contribution in [0.5, 0.6) is 11.5 Å². The first-order valence-electron chi connectivity index (χ1n) is 20.4. The number of pyridine rings is 1. The normalized spacial score (nSPS) is 13.4. The zero-order valence-corrected chi connectivity index (χ0v) is 35.7. The fraction of sp³-hybridized carbons (Fsp3) is 0.250. The van der Waals surface area contributed by atoms with Crippen LogP contribution in [0.25, 0.3) is 16.8 Å². The fourth-order valence-electron chi connectivity index (χ4n) is 7.47. The van der Waals surface area contributed by atoms with E-state index in [1.807, 2.05) is 81.4 Å². The van der Waals surface area contributed by atoms with Crippen molar-refractivity contribution < 1.29 is 38.1 Å². The second-order valence-electron chi connectivity index (χ2n) is 16.5. The molecule has 4 aromatic carbocycles. The number of aliphatic carboxylic acids is 1. The summed E-state index contributed by atoms with van der Waals surface area (Å²) in [5.41, 5.74) is 7.09. The molecule has 5 N–H and O–H groups in total. The first kappa shape index (κ1) is 43.5. The van der Waals surface area contributed by atoms with Crippen molar-refractivity contribution in [1.82, 2.24) is 25.4 Å². The lowest BCUT2D eigenvalue weighted by molar-refractivity contribution is -0.140. The summed E-state index contributed by atoms with van der Waals surface area (Å²) in [6, 6.07) is 28.8. The van der Waals surface area contributed by atoms with Crippen molar-refractivity contribution in [2.24, 2.45) is 5.92 Å². The third-order valence-electron chi connectivity index (χ3n) is 10.6. The topological polar surface area (TPSA) is 186 Å². The Morgan fingerprint density at radius 3 is 2.35 bits per heavy atom. The summed E-state index contributed by atoms with van der Waals surface area (Å²) in [5, 5.41) is 24.9. The predicted molar refractivity (Wildman–Crippen MR) is 236 cm³/mol. The molecular formula is C48H48FN7O7. The minimum absolute atomic E-state index is 0.00583.